The molecular weight excluding hydrogens is 407 g/mol. The Morgan fingerprint density at radius 2 is 2.07 bits per heavy atom. The van der Waals surface area contributed by atoms with Gasteiger partial charge >= 0.3 is 0 Å². The third kappa shape index (κ3) is 4.63. The topological polar surface area (TPSA) is 77.2 Å². The van der Waals surface area contributed by atoms with Gasteiger partial charge in [-0.05, 0) is 30.3 Å². The fraction of sp³-hybridized carbons (Fsp3) is 0.273. The molecule has 1 fully saturated rings. The minimum absolute atomic E-state index is 0.00629. The van der Waals surface area contributed by atoms with Crippen LogP contribution < -0.4 is 10.6 Å². The van der Waals surface area contributed by atoms with Crippen LogP contribution in [-0.4, -0.2) is 40.8 Å². The highest BCUT2D eigenvalue weighted by Gasteiger charge is 2.31. The standard InChI is InChI=1S/C22H22ClFN4O2/c23-16-5-6-19-15(9-16)10-17(27-19)12-26-21(29)11-20-22(30)25-7-8-28(20)13-14-3-1-2-4-18(14)24/h1-6,9-10,20,27H,7-8,11-13H2,(H,25,30)(H,26,29)/t20-/m1/s1. The zero-order valence-electron chi connectivity index (χ0n) is 16.3. The van der Waals surface area contributed by atoms with E-state index in [1.54, 1.807) is 24.3 Å². The van der Waals surface area contributed by atoms with E-state index in [1.165, 1.54) is 6.07 Å². The largest absolute Gasteiger partial charge is 0.357 e. The first-order valence-corrected chi connectivity index (χ1v) is 10.2. The zero-order valence-corrected chi connectivity index (χ0v) is 17.0. The van der Waals surface area contributed by atoms with Gasteiger partial charge in [0.25, 0.3) is 0 Å². The Morgan fingerprint density at radius 1 is 1.23 bits per heavy atom. The molecule has 2 heterocycles. The molecule has 1 aliphatic rings. The SMILES string of the molecule is O=C(C[C@@H]1C(=O)NCCN1Cc1ccccc1F)NCc1cc2cc(Cl)ccc2[nH]1. The number of aromatic amines is 1. The lowest BCUT2D eigenvalue weighted by atomic mass is 10.1. The molecule has 30 heavy (non-hydrogen) atoms. The lowest BCUT2D eigenvalue weighted by molar-refractivity contribution is -0.134. The van der Waals surface area contributed by atoms with Crippen LogP contribution in [-0.2, 0) is 22.7 Å². The fourth-order valence-corrected chi connectivity index (χ4v) is 3.90. The number of amides is 2. The van der Waals surface area contributed by atoms with Crippen LogP contribution in [0.1, 0.15) is 17.7 Å². The summed E-state index contributed by atoms with van der Waals surface area (Å²) in [5, 5.41) is 7.26. The molecule has 156 valence electrons. The molecule has 0 radical (unpaired) electrons. The zero-order chi connectivity index (χ0) is 21.1. The number of hydrogen-bond donors (Lipinski definition) is 3. The smallest absolute Gasteiger partial charge is 0.237 e. The van der Waals surface area contributed by atoms with E-state index in [2.05, 4.69) is 15.6 Å². The van der Waals surface area contributed by atoms with Gasteiger partial charge < -0.3 is 15.6 Å². The molecule has 1 saturated heterocycles. The Hall–Kier alpha value is -2.90. The molecule has 1 aliphatic heterocycles. The quantitative estimate of drug-likeness (QED) is 0.565. The number of H-pyrrole nitrogens is 1. The Kier molecular flexibility index (Phi) is 6.01. The Morgan fingerprint density at radius 3 is 2.90 bits per heavy atom. The third-order valence-corrected chi connectivity index (χ3v) is 5.50. The second-order valence-corrected chi connectivity index (χ2v) is 7.81. The number of aromatic nitrogens is 1. The molecule has 4 rings (SSSR count). The molecule has 0 bridgehead atoms. The summed E-state index contributed by atoms with van der Waals surface area (Å²) in [6.07, 6.45) is 0.00629. The van der Waals surface area contributed by atoms with Crippen molar-refractivity contribution in [2.75, 3.05) is 13.1 Å². The van der Waals surface area contributed by atoms with Crippen LogP contribution >= 0.6 is 11.6 Å². The number of benzene rings is 2. The van der Waals surface area contributed by atoms with Crippen molar-refractivity contribution in [3.63, 3.8) is 0 Å². The summed E-state index contributed by atoms with van der Waals surface area (Å²) in [6.45, 7) is 1.62. The molecule has 2 amide bonds. The van der Waals surface area contributed by atoms with Crippen LogP contribution in [0.5, 0.6) is 0 Å². The molecule has 3 aromatic rings. The molecule has 2 aromatic carbocycles. The predicted octanol–water partition coefficient (Wildman–Crippen LogP) is 2.97. The van der Waals surface area contributed by atoms with Gasteiger partial charge in [-0.3, -0.25) is 14.5 Å². The maximum absolute atomic E-state index is 14.0. The molecule has 0 unspecified atom stereocenters. The maximum Gasteiger partial charge on any atom is 0.237 e. The minimum Gasteiger partial charge on any atom is -0.357 e. The van der Waals surface area contributed by atoms with Crippen LogP contribution in [0.25, 0.3) is 10.9 Å². The molecule has 3 N–H and O–H groups in total. The number of fused-ring (bicyclic) bond motifs is 1. The number of carbonyl (C=O) groups excluding carboxylic acids is 2. The van der Waals surface area contributed by atoms with Crippen molar-refractivity contribution in [3.8, 4) is 0 Å². The molecule has 8 heteroatoms. The number of halogens is 2. The van der Waals surface area contributed by atoms with Gasteiger partial charge in [0, 0.05) is 46.8 Å². The Bertz CT molecular complexity index is 1080. The van der Waals surface area contributed by atoms with Crippen LogP contribution in [0.4, 0.5) is 4.39 Å². The summed E-state index contributed by atoms with van der Waals surface area (Å²) >= 11 is 6.01. The summed E-state index contributed by atoms with van der Waals surface area (Å²) in [7, 11) is 0. The van der Waals surface area contributed by atoms with Crippen molar-refractivity contribution in [1.29, 1.82) is 0 Å². The van der Waals surface area contributed by atoms with E-state index in [1.807, 2.05) is 23.1 Å². The summed E-state index contributed by atoms with van der Waals surface area (Å²) < 4.78 is 14.0. The minimum atomic E-state index is -0.639. The van der Waals surface area contributed by atoms with Crippen LogP contribution in [0.15, 0.2) is 48.5 Å². The third-order valence-electron chi connectivity index (χ3n) is 5.27. The highest BCUT2D eigenvalue weighted by atomic mass is 35.5. The first kappa shape index (κ1) is 20.4. The first-order chi connectivity index (χ1) is 14.5. The average Bonchev–Trinajstić information content (AvgIpc) is 3.12. The Balaban J connectivity index is 1.39. The predicted molar refractivity (Wildman–Crippen MR) is 113 cm³/mol. The fourth-order valence-electron chi connectivity index (χ4n) is 3.72. The van der Waals surface area contributed by atoms with E-state index in [4.69, 9.17) is 11.6 Å². The van der Waals surface area contributed by atoms with Gasteiger partial charge in [-0.25, -0.2) is 4.39 Å². The van der Waals surface area contributed by atoms with E-state index in [-0.39, 0.29) is 30.6 Å². The van der Waals surface area contributed by atoms with E-state index in [9.17, 15) is 14.0 Å². The van der Waals surface area contributed by atoms with Crippen LogP contribution in [0.2, 0.25) is 5.02 Å². The monoisotopic (exact) mass is 428 g/mol. The van der Waals surface area contributed by atoms with Crippen molar-refractivity contribution in [2.24, 2.45) is 0 Å². The highest BCUT2D eigenvalue weighted by Crippen LogP contribution is 2.20. The number of nitrogens with one attached hydrogen (secondary N) is 3. The molecule has 6 nitrogen and oxygen atoms in total. The van der Waals surface area contributed by atoms with E-state index in [0.29, 0.717) is 30.2 Å². The summed E-state index contributed by atoms with van der Waals surface area (Å²) in [5.41, 5.74) is 2.29. The van der Waals surface area contributed by atoms with Crippen LogP contribution in [0, 0.1) is 5.82 Å². The molecule has 0 saturated carbocycles. The van der Waals surface area contributed by atoms with Gasteiger partial charge in [0.1, 0.15) is 5.82 Å². The molecule has 0 spiro atoms. The normalized spacial score (nSPS) is 17.1. The van der Waals surface area contributed by atoms with Gasteiger partial charge in [0.05, 0.1) is 19.0 Å². The Labute approximate surface area is 178 Å². The lowest BCUT2D eigenvalue weighted by Gasteiger charge is -2.34. The molecular formula is C22H22ClFN4O2. The summed E-state index contributed by atoms with van der Waals surface area (Å²) in [4.78, 5) is 30.0. The van der Waals surface area contributed by atoms with E-state index < -0.39 is 6.04 Å². The second-order valence-electron chi connectivity index (χ2n) is 7.38. The second kappa shape index (κ2) is 8.85. The van der Waals surface area contributed by atoms with Gasteiger partial charge in [-0.1, -0.05) is 29.8 Å². The molecule has 1 aromatic heterocycles. The number of rotatable bonds is 6. The van der Waals surface area contributed by atoms with Crippen molar-refractivity contribution in [2.45, 2.75) is 25.6 Å². The number of carbonyl (C=O) groups is 2. The molecule has 1 atom stereocenters. The lowest BCUT2D eigenvalue weighted by Crippen LogP contribution is -2.56. The maximum atomic E-state index is 14.0. The van der Waals surface area contributed by atoms with Gasteiger partial charge in [-0.2, -0.15) is 0 Å². The number of piperazine rings is 1. The summed E-state index contributed by atoms with van der Waals surface area (Å²) in [5.74, 6) is -0.772. The average molecular weight is 429 g/mol. The van der Waals surface area contributed by atoms with Crippen LogP contribution in [0.3, 0.4) is 0 Å². The van der Waals surface area contributed by atoms with Crippen molar-refractivity contribution >= 4 is 34.3 Å². The van der Waals surface area contributed by atoms with Gasteiger partial charge in [0.15, 0.2) is 0 Å². The van der Waals surface area contributed by atoms with Crippen molar-refractivity contribution < 1.29 is 14.0 Å². The van der Waals surface area contributed by atoms with Crippen molar-refractivity contribution in [1.82, 2.24) is 20.5 Å². The number of hydrogen-bond acceptors (Lipinski definition) is 3. The van der Waals surface area contributed by atoms with Gasteiger partial charge in [-0.15, -0.1) is 0 Å². The van der Waals surface area contributed by atoms with E-state index >= 15 is 0 Å². The van der Waals surface area contributed by atoms with Gasteiger partial charge in [0.2, 0.25) is 11.8 Å². The first-order valence-electron chi connectivity index (χ1n) is 9.78. The van der Waals surface area contributed by atoms with E-state index in [0.717, 1.165) is 16.6 Å². The number of nitrogens with zero attached hydrogens (tertiary/aromatic N) is 1. The molecule has 0 aliphatic carbocycles. The highest BCUT2D eigenvalue weighted by molar-refractivity contribution is 6.31. The summed E-state index contributed by atoms with van der Waals surface area (Å²) in [6, 6.07) is 13.3. The van der Waals surface area contributed by atoms with Crippen molar-refractivity contribution in [3.05, 3.63) is 70.6 Å².